The minimum Gasteiger partial charge on any atom is -0.335 e. The smallest absolute Gasteiger partial charge is 0.319 e. The zero-order valence-electron chi connectivity index (χ0n) is 16.7. The lowest BCUT2D eigenvalue weighted by Crippen LogP contribution is -2.50. The summed E-state index contributed by atoms with van der Waals surface area (Å²) in [6, 6.07) is 10.4. The van der Waals surface area contributed by atoms with E-state index in [9.17, 15) is 18.8 Å². The maximum absolute atomic E-state index is 13.2. The molecule has 9 heteroatoms. The zero-order valence-corrected chi connectivity index (χ0v) is 17.5. The first-order valence-electron chi connectivity index (χ1n) is 10.1. The molecule has 2 fully saturated rings. The van der Waals surface area contributed by atoms with E-state index in [1.807, 2.05) is 0 Å². The molecule has 1 aliphatic heterocycles. The third-order valence-electron chi connectivity index (χ3n) is 5.32. The van der Waals surface area contributed by atoms with Gasteiger partial charge in [-0.25, -0.2) is 9.18 Å². The molecule has 4 rings (SSSR count). The average molecular weight is 445 g/mol. The van der Waals surface area contributed by atoms with Crippen LogP contribution >= 0.6 is 11.6 Å². The van der Waals surface area contributed by atoms with Crippen LogP contribution < -0.4 is 10.6 Å². The molecule has 2 aliphatic rings. The highest BCUT2D eigenvalue weighted by molar-refractivity contribution is 6.33. The molecule has 0 atom stereocenters. The van der Waals surface area contributed by atoms with Gasteiger partial charge in [-0.2, -0.15) is 0 Å². The van der Waals surface area contributed by atoms with Crippen molar-refractivity contribution in [3.05, 3.63) is 64.4 Å². The van der Waals surface area contributed by atoms with E-state index in [0.29, 0.717) is 37.4 Å². The van der Waals surface area contributed by atoms with Gasteiger partial charge in [0, 0.05) is 43.5 Å². The molecule has 0 bridgehead atoms. The largest absolute Gasteiger partial charge is 0.335 e. The summed E-state index contributed by atoms with van der Waals surface area (Å²) in [6.07, 6.45) is 2.02. The van der Waals surface area contributed by atoms with E-state index in [4.69, 9.17) is 11.6 Å². The molecule has 7 nitrogen and oxygen atoms in total. The van der Waals surface area contributed by atoms with Crippen LogP contribution in [0.4, 0.5) is 14.9 Å². The number of nitrogens with zero attached hydrogens (tertiary/aromatic N) is 2. The van der Waals surface area contributed by atoms with E-state index >= 15 is 0 Å². The summed E-state index contributed by atoms with van der Waals surface area (Å²) < 4.78 is 13.2. The average Bonchev–Trinajstić information content (AvgIpc) is 3.57. The summed E-state index contributed by atoms with van der Waals surface area (Å²) in [4.78, 5) is 40.5. The van der Waals surface area contributed by atoms with Gasteiger partial charge >= 0.3 is 6.03 Å². The van der Waals surface area contributed by atoms with Crippen molar-refractivity contribution < 1.29 is 18.8 Å². The number of benzene rings is 2. The second kappa shape index (κ2) is 8.93. The number of urea groups is 1. The van der Waals surface area contributed by atoms with Crippen LogP contribution in [-0.2, 0) is 0 Å². The third-order valence-corrected chi connectivity index (χ3v) is 5.63. The molecule has 2 N–H and O–H groups in total. The second-order valence-electron chi connectivity index (χ2n) is 7.66. The number of anilines is 1. The number of hydrogen-bond acceptors (Lipinski definition) is 3. The fourth-order valence-corrected chi connectivity index (χ4v) is 3.65. The number of nitrogens with one attached hydrogen (secondary N) is 2. The highest BCUT2D eigenvalue weighted by Gasteiger charge is 2.27. The predicted octanol–water partition coefficient (Wildman–Crippen LogP) is 3.36. The van der Waals surface area contributed by atoms with Crippen molar-refractivity contribution in [3.63, 3.8) is 0 Å². The van der Waals surface area contributed by atoms with E-state index in [-0.39, 0.29) is 34.5 Å². The van der Waals surface area contributed by atoms with Gasteiger partial charge in [0.15, 0.2) is 0 Å². The summed E-state index contributed by atoms with van der Waals surface area (Å²) >= 11 is 5.99. The van der Waals surface area contributed by atoms with Gasteiger partial charge in [-0.05, 0) is 55.3 Å². The number of carbonyl (C=O) groups excluding carboxylic acids is 3. The van der Waals surface area contributed by atoms with Crippen molar-refractivity contribution >= 4 is 35.1 Å². The molecule has 1 saturated carbocycles. The Bertz CT molecular complexity index is 1000. The number of hydrogen-bond donors (Lipinski definition) is 2. The van der Waals surface area contributed by atoms with Crippen LogP contribution in [0, 0.1) is 5.82 Å². The molecule has 162 valence electrons. The van der Waals surface area contributed by atoms with Gasteiger partial charge in [0.05, 0.1) is 10.6 Å². The standard InChI is InChI=1S/C22H22ClFN4O3/c23-19-13-15(24)3-8-18(19)21(30)28-11-9-27(10-12-28)20(29)14-1-4-16(5-2-14)25-22(31)26-17-6-7-17/h1-5,8,13,17H,6-7,9-12H2,(H2,25,26,31). The van der Waals surface area contributed by atoms with E-state index in [1.165, 1.54) is 12.1 Å². The molecular weight excluding hydrogens is 423 g/mol. The molecule has 1 heterocycles. The lowest BCUT2D eigenvalue weighted by Gasteiger charge is -2.35. The summed E-state index contributed by atoms with van der Waals surface area (Å²) in [5, 5.41) is 5.66. The van der Waals surface area contributed by atoms with Crippen LogP contribution in [0.2, 0.25) is 5.02 Å². The first kappa shape index (κ1) is 21.1. The highest BCUT2D eigenvalue weighted by atomic mass is 35.5. The van der Waals surface area contributed by atoms with E-state index in [2.05, 4.69) is 10.6 Å². The molecule has 31 heavy (non-hydrogen) atoms. The number of amides is 4. The number of rotatable bonds is 4. The fourth-order valence-electron chi connectivity index (χ4n) is 3.40. The van der Waals surface area contributed by atoms with Crippen molar-refractivity contribution in [2.45, 2.75) is 18.9 Å². The molecule has 2 aromatic carbocycles. The fraction of sp³-hybridized carbons (Fsp3) is 0.318. The van der Waals surface area contributed by atoms with Crippen LogP contribution in [0.25, 0.3) is 0 Å². The van der Waals surface area contributed by atoms with E-state index in [1.54, 1.807) is 34.1 Å². The molecular formula is C22H22ClFN4O3. The van der Waals surface area contributed by atoms with Crippen LogP contribution in [-0.4, -0.2) is 59.9 Å². The van der Waals surface area contributed by atoms with E-state index in [0.717, 1.165) is 18.9 Å². The molecule has 2 aromatic rings. The third kappa shape index (κ3) is 5.14. The maximum Gasteiger partial charge on any atom is 0.319 e. The number of halogens is 2. The van der Waals surface area contributed by atoms with Gasteiger partial charge in [-0.3, -0.25) is 9.59 Å². The molecule has 0 unspecified atom stereocenters. The topological polar surface area (TPSA) is 81.8 Å². The molecule has 0 aromatic heterocycles. The van der Waals surface area contributed by atoms with Gasteiger partial charge in [0.25, 0.3) is 11.8 Å². The quantitative estimate of drug-likeness (QED) is 0.758. The Labute approximate surface area is 184 Å². The minimum absolute atomic E-state index is 0.0722. The monoisotopic (exact) mass is 444 g/mol. The van der Waals surface area contributed by atoms with Crippen molar-refractivity contribution in [2.24, 2.45) is 0 Å². The molecule has 1 saturated heterocycles. The predicted molar refractivity (Wildman–Crippen MR) is 115 cm³/mol. The Kier molecular flexibility index (Phi) is 6.08. The second-order valence-corrected chi connectivity index (χ2v) is 8.07. The number of piperazine rings is 1. The Hall–Kier alpha value is -3.13. The van der Waals surface area contributed by atoms with Gasteiger partial charge in [0.2, 0.25) is 0 Å². The summed E-state index contributed by atoms with van der Waals surface area (Å²) in [7, 11) is 0. The lowest BCUT2D eigenvalue weighted by atomic mass is 10.1. The summed E-state index contributed by atoms with van der Waals surface area (Å²) in [5.74, 6) is -0.917. The Morgan fingerprint density at radius 2 is 1.52 bits per heavy atom. The van der Waals surface area contributed by atoms with Gasteiger partial charge in [-0.1, -0.05) is 11.6 Å². The molecule has 4 amide bonds. The van der Waals surface area contributed by atoms with Crippen LogP contribution in [0.3, 0.4) is 0 Å². The van der Waals surface area contributed by atoms with Crippen molar-refractivity contribution in [3.8, 4) is 0 Å². The molecule has 0 radical (unpaired) electrons. The number of carbonyl (C=O) groups is 3. The summed E-state index contributed by atoms with van der Waals surface area (Å²) in [5.41, 5.74) is 1.37. The van der Waals surface area contributed by atoms with Gasteiger partial charge in [0.1, 0.15) is 5.82 Å². The van der Waals surface area contributed by atoms with Gasteiger partial charge in [-0.15, -0.1) is 0 Å². The SMILES string of the molecule is O=C(Nc1ccc(C(=O)N2CCN(C(=O)c3ccc(F)cc3Cl)CC2)cc1)NC1CC1. The van der Waals surface area contributed by atoms with Crippen molar-refractivity contribution in [1.29, 1.82) is 0 Å². The summed E-state index contributed by atoms with van der Waals surface area (Å²) in [6.45, 7) is 1.48. The Balaban J connectivity index is 1.31. The minimum atomic E-state index is -0.498. The normalized spacial score (nSPS) is 16.1. The first-order chi connectivity index (χ1) is 14.9. The Morgan fingerprint density at radius 3 is 2.10 bits per heavy atom. The molecule has 1 aliphatic carbocycles. The zero-order chi connectivity index (χ0) is 22.0. The first-order valence-corrected chi connectivity index (χ1v) is 10.5. The van der Waals surface area contributed by atoms with Crippen LogP contribution in [0.15, 0.2) is 42.5 Å². The molecule has 0 spiro atoms. The van der Waals surface area contributed by atoms with Crippen molar-refractivity contribution in [1.82, 2.24) is 15.1 Å². The highest BCUT2D eigenvalue weighted by Crippen LogP contribution is 2.21. The lowest BCUT2D eigenvalue weighted by molar-refractivity contribution is 0.0535. The maximum atomic E-state index is 13.2. The van der Waals surface area contributed by atoms with Crippen LogP contribution in [0.1, 0.15) is 33.6 Å². The van der Waals surface area contributed by atoms with Gasteiger partial charge < -0.3 is 20.4 Å². The van der Waals surface area contributed by atoms with Crippen molar-refractivity contribution in [2.75, 3.05) is 31.5 Å². The van der Waals surface area contributed by atoms with Crippen LogP contribution in [0.5, 0.6) is 0 Å². The van der Waals surface area contributed by atoms with E-state index < -0.39 is 5.82 Å². The Morgan fingerprint density at radius 1 is 0.903 bits per heavy atom.